The molecule has 0 amide bonds. The van der Waals surface area contributed by atoms with Crippen LogP contribution in [0.5, 0.6) is 0 Å². The minimum absolute atomic E-state index is 1.29. The molecule has 0 bridgehead atoms. The van der Waals surface area contributed by atoms with E-state index in [1.54, 1.807) is 0 Å². The molecule has 35 rings (SSSR count). The standard InChI is InChI=1S/C32H18.3C30H18.C26H16/c1-3-7-21-17-29-25(13-19(21)5-1)15-23-9-12-28-30-18-22-8-4-2-6-20(22)14-26(30)16-24-10-11-27(29)31(23)32(24)28;1-3-7-21-13-27-17-29-23(15-25(27)11-19(21)5-1)9-10-24-16-26-12-20-6-2-4-8-22(20)14-28(26)18-30(24)29;1-2-8-20-14-22-16-24-18-30-28-12-6-4-10-26(28)25-9-3-5-11-27(25)29(30)17-23(24)15-21(22)13-19(20)7-1;1-2-7-21-13-26-16-28-18-30-24(14-27(28)15-25(26)12-20(21)6-1)10-9-23-11-19-5-3-4-8-22(19)17-29(23)30;1-2-7-19-12-22-15-24-16-26-20(10-9-17-5-3-4-8-25(17)26)13-23(24)14-21(22)11-18(19)6-1/h1-18H;3*1-18H;1-16H. The van der Waals surface area contributed by atoms with Crippen molar-refractivity contribution in [2.45, 2.75) is 0 Å². The molecule has 0 aliphatic carbocycles. The molecule has 35 aromatic rings. The lowest BCUT2D eigenvalue weighted by Gasteiger charge is -2.16. The highest BCUT2D eigenvalue weighted by atomic mass is 14.2. The highest BCUT2D eigenvalue weighted by molar-refractivity contribution is 6.35. The fraction of sp³-hybridized carbons (Fsp3) is 0. The Balaban J connectivity index is 0.0000000837. The number of hydrogen-bond donors (Lipinski definition) is 0. The molecule has 35 aromatic carbocycles. The lowest BCUT2D eigenvalue weighted by atomic mass is 9.87. The van der Waals surface area contributed by atoms with Gasteiger partial charge in [0, 0.05) is 0 Å². The molecule has 680 valence electrons. The number of benzene rings is 35. The summed E-state index contributed by atoms with van der Waals surface area (Å²) in [7, 11) is 0. The molecule has 0 N–H and O–H groups in total. The van der Waals surface area contributed by atoms with Crippen LogP contribution in [0.25, 0.3) is 323 Å². The third-order valence-electron chi connectivity index (χ3n) is 32.3. The predicted octanol–water partition coefficient (Wildman–Crippen LogP) is 42.5. The van der Waals surface area contributed by atoms with Gasteiger partial charge < -0.3 is 0 Å². The van der Waals surface area contributed by atoms with Crippen LogP contribution in [0.2, 0.25) is 0 Å². The zero-order valence-corrected chi connectivity index (χ0v) is 80.8. The summed E-state index contributed by atoms with van der Waals surface area (Å²) in [4.78, 5) is 0. The van der Waals surface area contributed by atoms with Gasteiger partial charge in [-0.2, -0.15) is 0 Å². The Labute approximate surface area is 850 Å². The molecule has 0 heteroatoms. The topological polar surface area (TPSA) is 0 Å². The molecule has 0 saturated carbocycles. The summed E-state index contributed by atoms with van der Waals surface area (Å²) in [5.41, 5.74) is 0. The van der Waals surface area contributed by atoms with Crippen LogP contribution in [0.1, 0.15) is 0 Å². The van der Waals surface area contributed by atoms with E-state index in [2.05, 4.69) is 534 Å². The average molecular weight is 1870 g/mol. The van der Waals surface area contributed by atoms with Crippen LogP contribution in [0, 0.1) is 0 Å². The highest BCUT2D eigenvalue weighted by Crippen LogP contribution is 2.47. The van der Waals surface area contributed by atoms with E-state index in [9.17, 15) is 0 Å². The number of hydrogen-bond acceptors (Lipinski definition) is 0. The average Bonchev–Trinajstić information content (AvgIpc) is 0.707. The van der Waals surface area contributed by atoms with Gasteiger partial charge in [-0.1, -0.05) is 328 Å². The third kappa shape index (κ3) is 14.0. The summed E-state index contributed by atoms with van der Waals surface area (Å²) in [5.74, 6) is 0. The summed E-state index contributed by atoms with van der Waals surface area (Å²) in [6, 6.07) is 197. The van der Waals surface area contributed by atoms with Gasteiger partial charge in [-0.3, -0.25) is 0 Å². The van der Waals surface area contributed by atoms with Crippen LogP contribution in [0.3, 0.4) is 0 Å². The summed E-state index contributed by atoms with van der Waals surface area (Å²) >= 11 is 0. The van der Waals surface area contributed by atoms with Crippen molar-refractivity contribution in [3.8, 4) is 0 Å². The maximum atomic E-state index is 2.38. The first-order valence-corrected chi connectivity index (χ1v) is 51.5. The van der Waals surface area contributed by atoms with Gasteiger partial charge in [0.1, 0.15) is 0 Å². The van der Waals surface area contributed by atoms with Crippen molar-refractivity contribution >= 4 is 323 Å². The Morgan fingerprint density at radius 2 is 0.182 bits per heavy atom. The largest absolute Gasteiger partial charge is 0.0616 e. The van der Waals surface area contributed by atoms with E-state index in [4.69, 9.17) is 0 Å². The van der Waals surface area contributed by atoms with Crippen molar-refractivity contribution in [1.29, 1.82) is 0 Å². The van der Waals surface area contributed by atoms with Crippen LogP contribution in [-0.4, -0.2) is 0 Å². The first-order valence-electron chi connectivity index (χ1n) is 51.5. The van der Waals surface area contributed by atoms with Gasteiger partial charge in [0.2, 0.25) is 0 Å². The normalized spacial score (nSPS) is 12.1. The van der Waals surface area contributed by atoms with E-state index in [1.165, 1.54) is 323 Å². The second-order valence-corrected chi connectivity index (χ2v) is 41.0. The monoisotopic (exact) mass is 1860 g/mol. The van der Waals surface area contributed by atoms with Crippen molar-refractivity contribution in [3.63, 3.8) is 0 Å². The molecule has 0 spiro atoms. The number of rotatable bonds is 0. The molecule has 148 heavy (non-hydrogen) atoms. The van der Waals surface area contributed by atoms with Crippen molar-refractivity contribution in [2.75, 3.05) is 0 Å². The van der Waals surface area contributed by atoms with Crippen LogP contribution in [0.15, 0.2) is 534 Å². The van der Waals surface area contributed by atoms with Crippen molar-refractivity contribution in [2.24, 2.45) is 0 Å². The Bertz CT molecular complexity index is 11500. The molecule has 0 heterocycles. The molecular weight excluding hydrogens is 1780 g/mol. The van der Waals surface area contributed by atoms with Crippen molar-refractivity contribution < 1.29 is 0 Å². The second-order valence-electron chi connectivity index (χ2n) is 41.0. The Kier molecular flexibility index (Phi) is 18.7. The molecule has 0 aromatic heterocycles. The van der Waals surface area contributed by atoms with Gasteiger partial charge in [-0.05, 0) is 529 Å². The second kappa shape index (κ2) is 33.2. The molecule has 0 aliphatic rings. The van der Waals surface area contributed by atoms with Crippen molar-refractivity contribution in [1.82, 2.24) is 0 Å². The minimum atomic E-state index is 1.29. The maximum absolute atomic E-state index is 2.38. The van der Waals surface area contributed by atoms with Crippen LogP contribution < -0.4 is 0 Å². The first kappa shape index (κ1) is 83.4. The fourth-order valence-electron chi connectivity index (χ4n) is 25.0. The van der Waals surface area contributed by atoms with E-state index in [0.29, 0.717) is 0 Å². The smallest absolute Gasteiger partial charge is 0.00201 e. The molecule has 0 unspecified atom stereocenters. The Morgan fingerprint density at radius 1 is 0.0541 bits per heavy atom. The molecule has 0 aliphatic heterocycles. The SMILES string of the molecule is c1ccc2cc3c(cc2c1)cc1ccc2c4cc5ccccc5cc4cc4ccc3c1c42.c1ccc2cc3cc4c(ccc5cc6cc7ccccc7cc6cc54)cc3cc2c1.c1ccc2cc3cc4cc5c(ccc6cc7ccccc7cc65)cc4cc3cc2c1.c1ccc2cc3cc4cc5c(ccc6ccccc65)cc4cc3cc2c1.c1ccc2cc3cc4cc5c6ccccc6c6ccccc6c5cc4cc3cc2c1. The van der Waals surface area contributed by atoms with Gasteiger partial charge >= 0.3 is 0 Å². The van der Waals surface area contributed by atoms with E-state index < -0.39 is 0 Å². The van der Waals surface area contributed by atoms with Gasteiger partial charge in [-0.15, -0.1) is 0 Å². The van der Waals surface area contributed by atoms with E-state index in [0.717, 1.165) is 0 Å². The molecule has 0 atom stereocenters. The van der Waals surface area contributed by atoms with Crippen LogP contribution >= 0.6 is 0 Å². The van der Waals surface area contributed by atoms with Gasteiger partial charge in [0.05, 0.1) is 0 Å². The zero-order valence-electron chi connectivity index (χ0n) is 80.8. The van der Waals surface area contributed by atoms with E-state index in [1.807, 2.05) is 0 Å². The highest BCUT2D eigenvalue weighted by Gasteiger charge is 2.19. The third-order valence-corrected chi connectivity index (χ3v) is 32.3. The van der Waals surface area contributed by atoms with E-state index in [-0.39, 0.29) is 0 Å². The Morgan fingerprint density at radius 3 is 0.426 bits per heavy atom. The van der Waals surface area contributed by atoms with Gasteiger partial charge in [0.25, 0.3) is 0 Å². The maximum Gasteiger partial charge on any atom is -0.00201 e. The number of fused-ring (bicyclic) bond motifs is 35. The summed E-state index contributed by atoms with van der Waals surface area (Å²) in [6.45, 7) is 0. The quantitative estimate of drug-likeness (QED) is 0.105. The van der Waals surface area contributed by atoms with Crippen LogP contribution in [-0.2, 0) is 0 Å². The first-order chi connectivity index (χ1) is 73.2. The molecule has 0 nitrogen and oxygen atoms in total. The molecule has 0 fully saturated rings. The summed E-state index contributed by atoms with van der Waals surface area (Å²) < 4.78 is 0. The van der Waals surface area contributed by atoms with Crippen molar-refractivity contribution in [3.05, 3.63) is 534 Å². The molecular formula is C148H88. The van der Waals surface area contributed by atoms with E-state index >= 15 is 0 Å². The summed E-state index contributed by atoms with van der Waals surface area (Å²) in [5, 5.41) is 78.6. The van der Waals surface area contributed by atoms with Gasteiger partial charge in [-0.25, -0.2) is 0 Å². The predicted molar refractivity (Wildman–Crippen MR) is 649 cm³/mol. The molecule has 0 radical (unpaired) electrons. The Hall–Kier alpha value is -19.2. The summed E-state index contributed by atoms with van der Waals surface area (Å²) in [6.07, 6.45) is 0. The lowest BCUT2D eigenvalue weighted by molar-refractivity contribution is 1.78. The minimum Gasteiger partial charge on any atom is -0.0616 e. The zero-order chi connectivity index (χ0) is 96.9. The fourth-order valence-corrected chi connectivity index (χ4v) is 25.0. The lowest BCUT2D eigenvalue weighted by Crippen LogP contribution is -1.88. The molecule has 0 saturated heterocycles. The van der Waals surface area contributed by atoms with Crippen LogP contribution in [0.4, 0.5) is 0 Å². The van der Waals surface area contributed by atoms with Gasteiger partial charge in [0.15, 0.2) is 0 Å².